The molecule has 2 aliphatic heterocycles. The Hall–Kier alpha value is -5.40. The van der Waals surface area contributed by atoms with E-state index in [9.17, 15) is 35.8 Å². The maximum absolute atomic E-state index is 12.0. The third-order valence-corrected chi connectivity index (χ3v) is 15.4. The Bertz CT molecular complexity index is 3030. The van der Waals surface area contributed by atoms with Crippen LogP contribution in [0.2, 0.25) is 0 Å². The molecule has 0 saturated heterocycles. The van der Waals surface area contributed by atoms with Gasteiger partial charge in [-0.25, -0.2) is 4.79 Å². The van der Waals surface area contributed by atoms with E-state index in [0.29, 0.717) is 38.8 Å². The molecule has 0 fully saturated rings. The lowest BCUT2D eigenvalue weighted by molar-refractivity contribution is -0.438. The van der Waals surface area contributed by atoms with Gasteiger partial charge in [0.05, 0.1) is 22.5 Å². The second-order valence-electron chi connectivity index (χ2n) is 18.9. The van der Waals surface area contributed by atoms with E-state index >= 15 is 0 Å². The molecule has 1 unspecified atom stereocenters. The molecule has 0 aromatic heterocycles. The van der Waals surface area contributed by atoms with Gasteiger partial charge in [0, 0.05) is 47.5 Å². The number of carboxylic acids is 1. The Labute approximate surface area is 383 Å². The van der Waals surface area contributed by atoms with E-state index in [0.717, 1.165) is 64.8 Å². The Kier molecular flexibility index (Phi) is 12.9. The van der Waals surface area contributed by atoms with Gasteiger partial charge in [-0.05, 0) is 133 Å². The zero-order chi connectivity index (χ0) is 46.3. The van der Waals surface area contributed by atoms with Crippen molar-refractivity contribution in [1.29, 1.82) is 0 Å². The minimum Gasteiger partial charge on any atom is -0.478 e. The Morgan fingerprint density at radius 3 is 2.00 bits per heavy atom. The molecule has 8 rings (SSSR count). The molecule has 0 spiro atoms. The third kappa shape index (κ3) is 9.50. The van der Waals surface area contributed by atoms with E-state index in [1.807, 2.05) is 24.3 Å². The van der Waals surface area contributed by atoms with Gasteiger partial charge < -0.3 is 10.0 Å². The Morgan fingerprint density at radius 2 is 1.35 bits per heavy atom. The highest BCUT2D eigenvalue weighted by atomic mass is 32.2. The van der Waals surface area contributed by atoms with Crippen LogP contribution in [-0.2, 0) is 31.1 Å². The molecule has 5 aromatic carbocycles. The number of anilines is 1. The number of nitrogens with zero attached hydrogens (tertiary/aromatic N) is 2. The Morgan fingerprint density at radius 1 is 0.738 bits per heavy atom. The average molecular weight is 916 g/mol. The summed E-state index contributed by atoms with van der Waals surface area (Å²) in [6, 6.07) is 32.6. The number of fused-ring (bicyclic) bond motifs is 6. The van der Waals surface area contributed by atoms with Gasteiger partial charge in [-0.3, -0.25) is 9.11 Å². The van der Waals surface area contributed by atoms with Crippen molar-refractivity contribution in [3.8, 4) is 0 Å². The van der Waals surface area contributed by atoms with Crippen molar-refractivity contribution < 1.29 is 40.4 Å². The van der Waals surface area contributed by atoms with Crippen LogP contribution in [0.4, 0.5) is 11.4 Å². The molecule has 3 aliphatic rings. The molecule has 12 heteroatoms. The van der Waals surface area contributed by atoms with Crippen molar-refractivity contribution in [3.05, 3.63) is 149 Å². The zero-order valence-corrected chi connectivity index (χ0v) is 39.3. The summed E-state index contributed by atoms with van der Waals surface area (Å²) in [7, 11) is -8.16. The van der Waals surface area contributed by atoms with Crippen molar-refractivity contribution in [2.24, 2.45) is 5.92 Å². The van der Waals surface area contributed by atoms with Crippen LogP contribution in [-0.4, -0.2) is 71.9 Å². The first-order valence-electron chi connectivity index (χ1n) is 22.7. The summed E-state index contributed by atoms with van der Waals surface area (Å²) in [6.45, 7) is 10.2. The summed E-state index contributed by atoms with van der Waals surface area (Å²) in [5.74, 6) is -1.46. The fourth-order valence-electron chi connectivity index (χ4n) is 10.9. The maximum atomic E-state index is 12.0. The molecule has 0 radical (unpaired) electrons. The van der Waals surface area contributed by atoms with Crippen molar-refractivity contribution in [3.63, 3.8) is 0 Å². The van der Waals surface area contributed by atoms with Gasteiger partial charge in [0.1, 0.15) is 6.54 Å². The lowest BCUT2D eigenvalue weighted by atomic mass is 9.75. The van der Waals surface area contributed by atoms with Crippen LogP contribution in [0.15, 0.2) is 127 Å². The highest BCUT2D eigenvalue weighted by Gasteiger charge is 2.46. The molecule has 10 nitrogen and oxygen atoms in total. The van der Waals surface area contributed by atoms with Crippen molar-refractivity contribution in [2.75, 3.05) is 29.5 Å². The van der Waals surface area contributed by atoms with E-state index < -0.39 is 31.6 Å². The van der Waals surface area contributed by atoms with Gasteiger partial charge in [-0.2, -0.15) is 21.4 Å². The van der Waals surface area contributed by atoms with E-state index in [2.05, 4.69) is 116 Å². The molecule has 2 heterocycles. The molecule has 65 heavy (non-hydrogen) atoms. The smallest absolute Gasteiger partial charge is 0.335 e. The molecule has 0 bridgehead atoms. The van der Waals surface area contributed by atoms with Gasteiger partial charge in [-0.1, -0.05) is 92.7 Å². The molecule has 340 valence electrons. The molecular formula is C53H59N2O8S2+. The topological polar surface area (TPSA) is 152 Å². The summed E-state index contributed by atoms with van der Waals surface area (Å²) in [4.78, 5) is 14.3. The standard InChI is InChI=1S/C53H58N2O8S2/c1-52(2)46(54(32-9-11-34-64(58,59)60)44-28-24-36-14-5-7-18-42(36)49(44)52)30-26-38-16-13-17-39(48(38)40-20-22-41(23-21-40)51(56)57)27-31-47-53(3,4)50-43-19-8-6-15-37(43)25-29-45(50)55(47)33-10-12-35-65(61,62)63/h5-8,14-15,18-26,28-31,39H,9-13,16-17,27,32-35H2,1-4H3,(H2-,56,57,58,59,60,61,62,63)/p+1/b30-26+,47-31-. The minimum absolute atomic E-state index is 0.100. The van der Waals surface area contributed by atoms with Crippen LogP contribution in [0.5, 0.6) is 0 Å². The number of hydrogen-bond donors (Lipinski definition) is 3. The quantitative estimate of drug-likeness (QED) is 0.0499. The first kappa shape index (κ1) is 46.1. The number of rotatable bonds is 16. The van der Waals surface area contributed by atoms with E-state index in [4.69, 9.17) is 0 Å². The summed E-state index contributed by atoms with van der Waals surface area (Å²) >= 11 is 0. The number of benzene rings is 5. The SMILES string of the molecule is CC1(C)C(/C=C/C2=C(c3ccc(C(=O)O)cc3)C(C/C=C3\N(CCCCS(=O)(=O)O)c4ccc5ccccc5c4C3(C)C)CCC2)=[N+](CCCCS(=O)(=O)O)c2ccc3ccccc3c21. The first-order chi connectivity index (χ1) is 30.8. The monoisotopic (exact) mass is 915 g/mol. The number of carbonyl (C=O) groups is 1. The molecule has 1 atom stereocenters. The second-order valence-corrected chi connectivity index (χ2v) is 22.0. The largest absolute Gasteiger partial charge is 0.478 e. The highest BCUT2D eigenvalue weighted by molar-refractivity contribution is 7.86. The minimum atomic E-state index is -4.08. The van der Waals surface area contributed by atoms with Crippen LogP contribution in [0.3, 0.4) is 0 Å². The number of unbranched alkanes of at least 4 members (excludes halogenated alkanes) is 2. The molecule has 1 aliphatic carbocycles. The molecule has 3 N–H and O–H groups in total. The predicted octanol–water partition coefficient (Wildman–Crippen LogP) is 11.3. The summed E-state index contributed by atoms with van der Waals surface area (Å²) in [5.41, 5.74) is 9.66. The summed E-state index contributed by atoms with van der Waals surface area (Å²) in [5, 5.41) is 14.5. The zero-order valence-electron chi connectivity index (χ0n) is 37.6. The fourth-order valence-corrected chi connectivity index (χ4v) is 12.0. The van der Waals surface area contributed by atoms with Gasteiger partial charge in [0.2, 0.25) is 5.69 Å². The number of allylic oxidation sites excluding steroid dienone is 6. The highest BCUT2D eigenvalue weighted by Crippen LogP contribution is 2.52. The van der Waals surface area contributed by atoms with Gasteiger partial charge in [0.15, 0.2) is 5.71 Å². The lowest BCUT2D eigenvalue weighted by Gasteiger charge is -2.31. The van der Waals surface area contributed by atoms with E-state index in [1.54, 1.807) is 12.1 Å². The molecule has 0 saturated carbocycles. The van der Waals surface area contributed by atoms with Crippen LogP contribution in [0.1, 0.15) is 106 Å². The maximum Gasteiger partial charge on any atom is 0.335 e. The summed E-state index contributed by atoms with van der Waals surface area (Å²) in [6.07, 6.45) is 12.1. The van der Waals surface area contributed by atoms with Gasteiger partial charge >= 0.3 is 5.97 Å². The van der Waals surface area contributed by atoms with Gasteiger partial charge in [0.25, 0.3) is 20.2 Å². The van der Waals surface area contributed by atoms with Crippen molar-refractivity contribution >= 4 is 70.4 Å². The van der Waals surface area contributed by atoms with E-state index in [1.165, 1.54) is 33.0 Å². The predicted molar refractivity (Wildman–Crippen MR) is 262 cm³/mol. The van der Waals surface area contributed by atoms with Crippen molar-refractivity contribution in [1.82, 2.24) is 0 Å². The normalized spacial score (nSPS) is 19.0. The van der Waals surface area contributed by atoms with E-state index in [-0.39, 0.29) is 28.4 Å². The first-order valence-corrected chi connectivity index (χ1v) is 25.9. The molecule has 5 aromatic rings. The van der Waals surface area contributed by atoms with Crippen LogP contribution in [0.25, 0.3) is 27.1 Å². The van der Waals surface area contributed by atoms with Crippen molar-refractivity contribution in [2.45, 2.75) is 89.9 Å². The molecular weight excluding hydrogens is 857 g/mol. The van der Waals surface area contributed by atoms with Crippen LogP contribution < -0.4 is 4.90 Å². The lowest BCUT2D eigenvalue weighted by Crippen LogP contribution is -2.28. The fraction of sp³-hybridized carbons (Fsp3) is 0.358. The van der Waals surface area contributed by atoms with Gasteiger partial charge in [-0.15, -0.1) is 0 Å². The Balaban J connectivity index is 1.21. The number of hydrogen-bond acceptors (Lipinski definition) is 6. The number of aromatic carboxylic acids is 1. The average Bonchev–Trinajstić information content (AvgIpc) is 3.62. The van der Waals surface area contributed by atoms with Crippen LogP contribution in [0, 0.1) is 5.92 Å². The second kappa shape index (κ2) is 18.1. The molecule has 0 amide bonds. The summed E-state index contributed by atoms with van der Waals surface area (Å²) < 4.78 is 67.9. The number of carboxylic acid groups (broad SMARTS) is 1. The third-order valence-electron chi connectivity index (χ3n) is 13.8. The van der Waals surface area contributed by atoms with Crippen LogP contribution >= 0.6 is 0 Å².